The van der Waals surface area contributed by atoms with Crippen molar-refractivity contribution >= 4 is 5.71 Å². The van der Waals surface area contributed by atoms with E-state index in [1.54, 1.807) is 0 Å². The van der Waals surface area contributed by atoms with Gasteiger partial charge in [0.25, 0.3) is 0 Å². The van der Waals surface area contributed by atoms with Crippen molar-refractivity contribution in [3.8, 4) is 0 Å². The van der Waals surface area contributed by atoms with Gasteiger partial charge in [0.05, 0.1) is 0 Å². The van der Waals surface area contributed by atoms with Crippen LogP contribution in [-0.4, -0.2) is 18.3 Å². The molecule has 0 aliphatic heterocycles. The Morgan fingerprint density at radius 3 is 2.11 bits per heavy atom. The van der Waals surface area contributed by atoms with Crippen molar-refractivity contribution in [2.45, 2.75) is 73.3 Å². The summed E-state index contributed by atoms with van der Waals surface area (Å²) in [6.45, 7) is 13.8. The molecule has 18 heavy (non-hydrogen) atoms. The van der Waals surface area contributed by atoms with E-state index in [2.05, 4.69) is 33.0 Å². The first-order valence-electron chi connectivity index (χ1n) is 7.37. The predicted molar refractivity (Wildman–Crippen MR) is 82.5 cm³/mol. The third-order valence-corrected chi connectivity index (χ3v) is 4.06. The SMILES string of the molecule is CCC(C)CCC(CC)NC/C(C)=C(/C)C(C)=N. The summed E-state index contributed by atoms with van der Waals surface area (Å²) in [5.74, 6) is 0.836. The van der Waals surface area contributed by atoms with Crippen molar-refractivity contribution in [3.05, 3.63) is 11.1 Å². The number of rotatable bonds is 9. The van der Waals surface area contributed by atoms with Crippen LogP contribution in [-0.2, 0) is 0 Å². The molecule has 0 spiro atoms. The Morgan fingerprint density at radius 2 is 1.67 bits per heavy atom. The van der Waals surface area contributed by atoms with Crippen molar-refractivity contribution < 1.29 is 0 Å². The van der Waals surface area contributed by atoms with Crippen LogP contribution in [0, 0.1) is 11.3 Å². The Morgan fingerprint density at radius 1 is 1.06 bits per heavy atom. The summed E-state index contributed by atoms with van der Waals surface area (Å²) in [6, 6.07) is 0.618. The highest BCUT2D eigenvalue weighted by atomic mass is 14.9. The molecule has 2 heteroatoms. The van der Waals surface area contributed by atoms with E-state index in [-0.39, 0.29) is 0 Å². The molecule has 0 rings (SSSR count). The van der Waals surface area contributed by atoms with Gasteiger partial charge in [-0.15, -0.1) is 0 Å². The second-order valence-electron chi connectivity index (χ2n) is 5.61. The zero-order valence-corrected chi connectivity index (χ0v) is 13.2. The molecule has 0 saturated carbocycles. The zero-order valence-electron chi connectivity index (χ0n) is 13.2. The van der Waals surface area contributed by atoms with Gasteiger partial charge in [0.2, 0.25) is 0 Å². The highest BCUT2D eigenvalue weighted by molar-refractivity contribution is 5.95. The fourth-order valence-electron chi connectivity index (χ4n) is 1.89. The van der Waals surface area contributed by atoms with Crippen molar-refractivity contribution in [1.82, 2.24) is 5.32 Å². The monoisotopic (exact) mass is 252 g/mol. The van der Waals surface area contributed by atoms with Crippen LogP contribution >= 0.6 is 0 Å². The molecule has 106 valence electrons. The third kappa shape index (κ3) is 6.95. The summed E-state index contributed by atoms with van der Waals surface area (Å²) >= 11 is 0. The Labute approximate surface area is 114 Å². The third-order valence-electron chi connectivity index (χ3n) is 4.06. The van der Waals surface area contributed by atoms with Gasteiger partial charge in [-0.1, -0.05) is 32.8 Å². The molecule has 0 aliphatic rings. The molecule has 0 amide bonds. The van der Waals surface area contributed by atoms with Crippen LogP contribution in [0.5, 0.6) is 0 Å². The standard InChI is InChI=1S/C16H32N2/c1-7-12(3)9-10-16(8-2)18-11-13(4)14(5)15(6)17/h12,16-18H,7-11H2,1-6H3/b14-13-,17-15?. The largest absolute Gasteiger partial charge is 0.310 e. The molecule has 0 fully saturated rings. The van der Waals surface area contributed by atoms with Gasteiger partial charge in [-0.3, -0.25) is 0 Å². The molecule has 2 atom stereocenters. The lowest BCUT2D eigenvalue weighted by molar-refractivity contribution is 0.410. The molecular formula is C16H32N2. The van der Waals surface area contributed by atoms with E-state index in [1.807, 2.05) is 13.8 Å². The lowest BCUT2D eigenvalue weighted by Gasteiger charge is -2.19. The van der Waals surface area contributed by atoms with Crippen LogP contribution in [0.2, 0.25) is 0 Å². The maximum absolute atomic E-state index is 7.64. The second kappa shape index (κ2) is 9.32. The first-order chi connectivity index (χ1) is 8.42. The maximum atomic E-state index is 7.64. The van der Waals surface area contributed by atoms with E-state index >= 15 is 0 Å². The molecule has 2 nitrogen and oxygen atoms in total. The Bertz CT molecular complexity index is 279. The fourth-order valence-corrected chi connectivity index (χ4v) is 1.89. The Kier molecular flexibility index (Phi) is 8.99. The predicted octanol–water partition coefficient (Wildman–Crippen LogP) is 4.56. The van der Waals surface area contributed by atoms with E-state index in [0.29, 0.717) is 11.8 Å². The van der Waals surface area contributed by atoms with Crippen LogP contribution in [0.25, 0.3) is 0 Å². The van der Waals surface area contributed by atoms with Crippen LogP contribution in [0.15, 0.2) is 11.1 Å². The highest BCUT2D eigenvalue weighted by Gasteiger charge is 2.08. The average molecular weight is 252 g/mol. The van der Waals surface area contributed by atoms with Gasteiger partial charge in [0.15, 0.2) is 0 Å². The summed E-state index contributed by atoms with van der Waals surface area (Å²) in [7, 11) is 0. The van der Waals surface area contributed by atoms with Crippen molar-refractivity contribution in [2.24, 2.45) is 5.92 Å². The first-order valence-corrected chi connectivity index (χ1v) is 7.37. The summed E-state index contributed by atoms with van der Waals surface area (Å²) in [5.41, 5.74) is 3.10. The van der Waals surface area contributed by atoms with Crippen molar-refractivity contribution in [3.63, 3.8) is 0 Å². The number of allylic oxidation sites excluding steroid dienone is 1. The van der Waals surface area contributed by atoms with E-state index in [1.165, 1.54) is 31.3 Å². The van der Waals surface area contributed by atoms with Gasteiger partial charge in [-0.05, 0) is 51.5 Å². The minimum absolute atomic E-state index is 0.618. The van der Waals surface area contributed by atoms with Gasteiger partial charge in [0.1, 0.15) is 0 Å². The van der Waals surface area contributed by atoms with Crippen LogP contribution in [0.1, 0.15) is 67.2 Å². The van der Waals surface area contributed by atoms with Crippen LogP contribution in [0.3, 0.4) is 0 Å². The number of hydrogen-bond donors (Lipinski definition) is 2. The van der Waals surface area contributed by atoms with Crippen molar-refractivity contribution in [2.75, 3.05) is 6.54 Å². The van der Waals surface area contributed by atoms with Gasteiger partial charge >= 0.3 is 0 Å². The zero-order chi connectivity index (χ0) is 14.1. The maximum Gasteiger partial charge on any atom is 0.0312 e. The molecule has 0 aromatic rings. The smallest absolute Gasteiger partial charge is 0.0312 e. The topological polar surface area (TPSA) is 35.9 Å². The average Bonchev–Trinajstić information content (AvgIpc) is 2.36. The number of hydrogen-bond acceptors (Lipinski definition) is 2. The Hall–Kier alpha value is -0.630. The lowest BCUT2D eigenvalue weighted by atomic mass is 9.98. The van der Waals surface area contributed by atoms with E-state index in [4.69, 9.17) is 5.41 Å². The van der Waals surface area contributed by atoms with Gasteiger partial charge in [0, 0.05) is 18.3 Å². The molecule has 0 aliphatic carbocycles. The summed E-state index contributed by atoms with van der Waals surface area (Å²) in [5, 5.41) is 11.3. The molecule has 0 heterocycles. The molecule has 2 N–H and O–H groups in total. The fraction of sp³-hybridized carbons (Fsp3) is 0.812. The molecule has 0 aromatic carbocycles. The molecular weight excluding hydrogens is 220 g/mol. The van der Waals surface area contributed by atoms with Gasteiger partial charge in [-0.2, -0.15) is 0 Å². The van der Waals surface area contributed by atoms with Crippen molar-refractivity contribution in [1.29, 1.82) is 5.41 Å². The van der Waals surface area contributed by atoms with Crippen LogP contribution in [0.4, 0.5) is 0 Å². The first kappa shape index (κ1) is 17.4. The highest BCUT2D eigenvalue weighted by Crippen LogP contribution is 2.13. The van der Waals surface area contributed by atoms with Gasteiger partial charge < -0.3 is 10.7 Å². The quantitative estimate of drug-likeness (QED) is 0.580. The molecule has 0 aromatic heterocycles. The van der Waals surface area contributed by atoms with E-state index < -0.39 is 0 Å². The molecule has 0 radical (unpaired) electrons. The summed E-state index contributed by atoms with van der Waals surface area (Å²) in [6.07, 6.45) is 5.04. The minimum atomic E-state index is 0.618. The summed E-state index contributed by atoms with van der Waals surface area (Å²) < 4.78 is 0. The molecule has 0 saturated heterocycles. The second-order valence-corrected chi connectivity index (χ2v) is 5.61. The lowest BCUT2D eigenvalue weighted by Crippen LogP contribution is -2.30. The molecule has 2 unspecified atom stereocenters. The van der Waals surface area contributed by atoms with Crippen LogP contribution < -0.4 is 5.32 Å². The minimum Gasteiger partial charge on any atom is -0.310 e. The van der Waals surface area contributed by atoms with E-state index in [9.17, 15) is 0 Å². The van der Waals surface area contributed by atoms with Gasteiger partial charge in [-0.25, -0.2) is 0 Å². The summed E-state index contributed by atoms with van der Waals surface area (Å²) in [4.78, 5) is 0. The molecule has 0 bridgehead atoms. The van der Waals surface area contributed by atoms with E-state index in [0.717, 1.165) is 18.0 Å². The Balaban J connectivity index is 4.15. The number of nitrogens with one attached hydrogen (secondary N) is 2. The normalized spacial score (nSPS) is 16.1.